The molecule has 3 heterocycles. The van der Waals surface area contributed by atoms with Crippen LogP contribution in [0, 0.1) is 0 Å². The molecule has 3 rings (SSSR count). The van der Waals surface area contributed by atoms with E-state index in [4.69, 9.17) is 0 Å². The highest BCUT2D eigenvalue weighted by molar-refractivity contribution is 5.92. The number of piperazine rings is 1. The van der Waals surface area contributed by atoms with Gasteiger partial charge in [0.25, 0.3) is 0 Å². The minimum Gasteiger partial charge on any atom is -0.360 e. The molecule has 0 radical (unpaired) electrons. The smallest absolute Gasteiger partial charge is 0.242 e. The minimum atomic E-state index is 0.119. The van der Waals surface area contributed by atoms with Gasteiger partial charge in [-0.15, -0.1) is 0 Å². The first-order valence-electron chi connectivity index (χ1n) is 7.70. The lowest BCUT2D eigenvalue weighted by atomic mass is 10.2. The molecule has 0 unspecified atom stereocenters. The number of aromatic nitrogens is 3. The molecule has 118 valence electrons. The van der Waals surface area contributed by atoms with Gasteiger partial charge in [-0.3, -0.25) is 4.79 Å². The molecule has 2 aromatic rings. The molecule has 0 spiro atoms. The van der Waals surface area contributed by atoms with Crippen molar-refractivity contribution in [2.24, 2.45) is 0 Å². The summed E-state index contributed by atoms with van der Waals surface area (Å²) in [4.78, 5) is 28.1. The third kappa shape index (κ3) is 2.89. The van der Waals surface area contributed by atoms with Crippen molar-refractivity contribution in [1.29, 1.82) is 0 Å². The van der Waals surface area contributed by atoms with E-state index in [1.807, 2.05) is 11.1 Å². The lowest BCUT2D eigenvalue weighted by molar-refractivity contribution is -0.130. The molecule has 0 saturated carbocycles. The molecule has 2 aromatic heterocycles. The van der Waals surface area contributed by atoms with Crippen molar-refractivity contribution < 1.29 is 4.79 Å². The molecule has 1 amide bonds. The lowest BCUT2D eigenvalue weighted by Crippen LogP contribution is -2.48. The molecule has 1 aliphatic rings. The predicted octanol–water partition coefficient (Wildman–Crippen LogP) is 0.706. The first-order valence-corrected chi connectivity index (χ1v) is 7.70. The van der Waals surface area contributed by atoms with Gasteiger partial charge in [-0.1, -0.05) is 6.92 Å². The number of fused-ring (bicyclic) bond motifs is 1. The van der Waals surface area contributed by atoms with E-state index in [1.165, 1.54) is 6.33 Å². The van der Waals surface area contributed by atoms with E-state index in [-0.39, 0.29) is 12.5 Å². The number of H-pyrrole nitrogens is 1. The van der Waals surface area contributed by atoms with E-state index in [0.29, 0.717) is 0 Å². The number of nitrogens with zero attached hydrogens (tertiary/aromatic N) is 4. The van der Waals surface area contributed by atoms with E-state index < -0.39 is 0 Å². The van der Waals surface area contributed by atoms with E-state index in [1.54, 1.807) is 0 Å². The zero-order valence-corrected chi connectivity index (χ0v) is 13.1. The second-order valence-corrected chi connectivity index (χ2v) is 5.65. The Morgan fingerprint density at radius 2 is 2.09 bits per heavy atom. The SMILES string of the molecule is CCc1c[nH]c2ncnc(NCC(=O)N3CCN(C)CC3)c12. The van der Waals surface area contributed by atoms with Crippen LogP contribution in [0.15, 0.2) is 12.5 Å². The Morgan fingerprint density at radius 1 is 1.32 bits per heavy atom. The summed E-state index contributed by atoms with van der Waals surface area (Å²) in [6, 6.07) is 0. The highest BCUT2D eigenvalue weighted by Crippen LogP contribution is 2.23. The molecule has 7 heteroatoms. The van der Waals surface area contributed by atoms with E-state index in [0.717, 1.165) is 55.0 Å². The molecule has 1 aliphatic heterocycles. The third-order valence-corrected chi connectivity index (χ3v) is 4.20. The Kier molecular flexibility index (Phi) is 4.24. The Morgan fingerprint density at radius 3 is 2.82 bits per heavy atom. The van der Waals surface area contributed by atoms with Gasteiger partial charge in [0.05, 0.1) is 11.9 Å². The Hall–Kier alpha value is -2.15. The summed E-state index contributed by atoms with van der Waals surface area (Å²) in [5.74, 6) is 0.846. The molecule has 0 aliphatic carbocycles. The Labute approximate surface area is 129 Å². The van der Waals surface area contributed by atoms with Gasteiger partial charge >= 0.3 is 0 Å². The van der Waals surface area contributed by atoms with Crippen molar-refractivity contribution in [3.8, 4) is 0 Å². The van der Waals surface area contributed by atoms with Crippen LogP contribution in [-0.4, -0.2) is 70.4 Å². The van der Waals surface area contributed by atoms with Gasteiger partial charge in [-0.25, -0.2) is 9.97 Å². The molecule has 2 N–H and O–H groups in total. The topological polar surface area (TPSA) is 77.1 Å². The lowest BCUT2D eigenvalue weighted by Gasteiger charge is -2.32. The number of anilines is 1. The van der Waals surface area contributed by atoms with Crippen molar-refractivity contribution in [3.05, 3.63) is 18.1 Å². The van der Waals surface area contributed by atoms with Crippen LogP contribution in [0.4, 0.5) is 5.82 Å². The summed E-state index contributed by atoms with van der Waals surface area (Å²) in [7, 11) is 2.08. The zero-order valence-electron chi connectivity index (χ0n) is 13.1. The van der Waals surface area contributed by atoms with Crippen LogP contribution in [0.2, 0.25) is 0 Å². The number of likely N-dealkylation sites (N-methyl/N-ethyl adjacent to an activating group) is 1. The molecular weight excluding hydrogens is 280 g/mol. The molecule has 0 aromatic carbocycles. The summed E-state index contributed by atoms with van der Waals surface area (Å²) in [5.41, 5.74) is 1.96. The first kappa shape index (κ1) is 14.8. The zero-order chi connectivity index (χ0) is 15.5. The fourth-order valence-electron chi connectivity index (χ4n) is 2.77. The second-order valence-electron chi connectivity index (χ2n) is 5.65. The van der Waals surface area contributed by atoms with Crippen LogP contribution in [-0.2, 0) is 11.2 Å². The highest BCUT2D eigenvalue weighted by atomic mass is 16.2. The van der Waals surface area contributed by atoms with E-state index in [2.05, 4.69) is 39.1 Å². The van der Waals surface area contributed by atoms with Gasteiger partial charge < -0.3 is 20.1 Å². The van der Waals surface area contributed by atoms with Crippen molar-refractivity contribution in [1.82, 2.24) is 24.8 Å². The number of rotatable bonds is 4. The van der Waals surface area contributed by atoms with Crippen LogP contribution in [0.1, 0.15) is 12.5 Å². The summed E-state index contributed by atoms with van der Waals surface area (Å²) in [6.45, 7) is 5.81. The van der Waals surface area contributed by atoms with Crippen LogP contribution >= 0.6 is 0 Å². The monoisotopic (exact) mass is 302 g/mol. The average Bonchev–Trinajstić information content (AvgIpc) is 2.97. The van der Waals surface area contributed by atoms with Gasteiger partial charge in [-0.2, -0.15) is 0 Å². The Balaban J connectivity index is 1.69. The van der Waals surface area contributed by atoms with Crippen LogP contribution in [0.5, 0.6) is 0 Å². The van der Waals surface area contributed by atoms with Crippen LogP contribution in [0.25, 0.3) is 11.0 Å². The number of carbonyl (C=O) groups is 1. The maximum Gasteiger partial charge on any atom is 0.242 e. The molecule has 1 fully saturated rings. The summed E-state index contributed by atoms with van der Waals surface area (Å²) >= 11 is 0. The van der Waals surface area contributed by atoms with Gasteiger partial charge in [0.1, 0.15) is 17.8 Å². The highest BCUT2D eigenvalue weighted by Gasteiger charge is 2.19. The largest absolute Gasteiger partial charge is 0.360 e. The number of aryl methyl sites for hydroxylation is 1. The number of carbonyl (C=O) groups excluding carboxylic acids is 1. The quantitative estimate of drug-likeness (QED) is 0.869. The van der Waals surface area contributed by atoms with Crippen LogP contribution < -0.4 is 5.32 Å². The van der Waals surface area contributed by atoms with E-state index >= 15 is 0 Å². The van der Waals surface area contributed by atoms with Gasteiger partial charge in [-0.05, 0) is 19.0 Å². The molecule has 0 atom stereocenters. The first-order chi connectivity index (χ1) is 10.7. The van der Waals surface area contributed by atoms with E-state index in [9.17, 15) is 4.79 Å². The number of hydrogen-bond donors (Lipinski definition) is 2. The van der Waals surface area contributed by atoms with Gasteiger partial charge in [0, 0.05) is 32.4 Å². The molecule has 1 saturated heterocycles. The molecule has 22 heavy (non-hydrogen) atoms. The maximum atomic E-state index is 12.3. The average molecular weight is 302 g/mol. The van der Waals surface area contributed by atoms with Crippen molar-refractivity contribution in [2.45, 2.75) is 13.3 Å². The van der Waals surface area contributed by atoms with Crippen molar-refractivity contribution >= 4 is 22.8 Å². The third-order valence-electron chi connectivity index (χ3n) is 4.20. The number of nitrogens with one attached hydrogen (secondary N) is 2. The maximum absolute atomic E-state index is 12.3. The number of amides is 1. The second kappa shape index (κ2) is 6.31. The van der Waals surface area contributed by atoms with Crippen molar-refractivity contribution in [2.75, 3.05) is 45.1 Å². The van der Waals surface area contributed by atoms with Crippen LogP contribution in [0.3, 0.4) is 0 Å². The standard InChI is InChI=1S/C15H22N6O/c1-3-11-8-16-14-13(11)15(19-10-18-14)17-9-12(22)21-6-4-20(2)5-7-21/h8,10H,3-7,9H2,1-2H3,(H2,16,17,18,19). The number of hydrogen-bond acceptors (Lipinski definition) is 5. The summed E-state index contributed by atoms with van der Waals surface area (Å²) in [6.07, 6.45) is 4.36. The molecule has 0 bridgehead atoms. The Bertz CT molecular complexity index is 659. The molecule has 7 nitrogen and oxygen atoms in total. The number of aromatic amines is 1. The van der Waals surface area contributed by atoms with Crippen molar-refractivity contribution in [3.63, 3.8) is 0 Å². The fourth-order valence-corrected chi connectivity index (χ4v) is 2.77. The van der Waals surface area contributed by atoms with Gasteiger partial charge in [0.15, 0.2) is 0 Å². The fraction of sp³-hybridized carbons (Fsp3) is 0.533. The normalized spacial score (nSPS) is 16.2. The summed E-state index contributed by atoms with van der Waals surface area (Å²) in [5, 5.41) is 4.16. The molecular formula is C15H22N6O. The summed E-state index contributed by atoms with van der Waals surface area (Å²) < 4.78 is 0. The minimum absolute atomic E-state index is 0.119. The predicted molar refractivity (Wildman–Crippen MR) is 85.8 cm³/mol. The van der Waals surface area contributed by atoms with Gasteiger partial charge in [0.2, 0.25) is 5.91 Å².